The Hall–Kier alpha value is -2.31. The van der Waals surface area contributed by atoms with Crippen molar-refractivity contribution in [3.8, 4) is 11.5 Å². The molecule has 7 heteroatoms. The summed E-state index contributed by atoms with van der Waals surface area (Å²) in [7, 11) is 3.21. The number of carbonyl (C=O) groups excluding carboxylic acids is 1. The Morgan fingerprint density at radius 1 is 1.18 bits per heavy atom. The molecule has 1 atom stereocenters. The maximum Gasteiger partial charge on any atom is 0.223 e. The van der Waals surface area contributed by atoms with Crippen LogP contribution in [0.3, 0.4) is 0 Å². The molecule has 2 aromatic rings. The van der Waals surface area contributed by atoms with Crippen LogP contribution in [0, 0.1) is 5.82 Å². The van der Waals surface area contributed by atoms with Gasteiger partial charge in [-0.25, -0.2) is 4.39 Å². The van der Waals surface area contributed by atoms with Crippen LogP contribution in [0.15, 0.2) is 42.5 Å². The molecule has 1 saturated heterocycles. The number of ether oxygens (including phenoxy) is 2. The van der Waals surface area contributed by atoms with Gasteiger partial charge < -0.3 is 19.7 Å². The van der Waals surface area contributed by atoms with Crippen molar-refractivity contribution in [1.82, 2.24) is 10.2 Å². The van der Waals surface area contributed by atoms with Gasteiger partial charge in [-0.05, 0) is 41.8 Å². The van der Waals surface area contributed by atoms with Crippen LogP contribution in [-0.4, -0.2) is 44.7 Å². The Labute approximate surface area is 171 Å². The fourth-order valence-corrected chi connectivity index (χ4v) is 3.42. The molecule has 0 aliphatic carbocycles. The highest BCUT2D eigenvalue weighted by Crippen LogP contribution is 2.26. The Morgan fingerprint density at radius 3 is 2.54 bits per heavy atom. The maximum atomic E-state index is 13.6. The normalized spacial score (nSPS) is 16.2. The second kappa shape index (κ2) is 10.3. The van der Waals surface area contributed by atoms with Crippen LogP contribution >= 0.6 is 12.4 Å². The molecule has 0 bridgehead atoms. The minimum absolute atomic E-state index is 0. The average molecular weight is 409 g/mol. The van der Waals surface area contributed by atoms with E-state index in [4.69, 9.17) is 9.47 Å². The Kier molecular flexibility index (Phi) is 8.08. The van der Waals surface area contributed by atoms with Crippen molar-refractivity contribution < 1.29 is 18.7 Å². The van der Waals surface area contributed by atoms with Gasteiger partial charge in [0.05, 0.1) is 20.3 Å². The number of aryl methyl sites for hydroxylation is 1. The molecule has 0 aromatic heterocycles. The molecule has 0 saturated carbocycles. The van der Waals surface area contributed by atoms with Gasteiger partial charge in [0.1, 0.15) is 17.3 Å². The lowest BCUT2D eigenvalue weighted by Gasteiger charge is -2.36. The number of hydrogen-bond acceptors (Lipinski definition) is 4. The second-order valence-electron chi connectivity index (χ2n) is 6.58. The van der Waals surface area contributed by atoms with Crippen molar-refractivity contribution in [2.24, 2.45) is 0 Å². The second-order valence-corrected chi connectivity index (χ2v) is 6.58. The quantitative estimate of drug-likeness (QED) is 0.796. The van der Waals surface area contributed by atoms with E-state index in [1.54, 1.807) is 20.3 Å². The minimum atomic E-state index is -0.283. The molecule has 5 nitrogen and oxygen atoms in total. The van der Waals surface area contributed by atoms with E-state index in [1.165, 1.54) is 12.1 Å². The van der Waals surface area contributed by atoms with E-state index in [1.807, 2.05) is 29.2 Å². The van der Waals surface area contributed by atoms with Crippen molar-refractivity contribution >= 4 is 18.3 Å². The molecule has 28 heavy (non-hydrogen) atoms. The van der Waals surface area contributed by atoms with Crippen LogP contribution in [0.25, 0.3) is 0 Å². The zero-order chi connectivity index (χ0) is 19.2. The number of halogens is 2. The topological polar surface area (TPSA) is 50.8 Å². The number of methoxy groups -OCH3 is 2. The first-order chi connectivity index (χ1) is 13.1. The summed E-state index contributed by atoms with van der Waals surface area (Å²) in [5, 5.41) is 3.29. The van der Waals surface area contributed by atoms with Gasteiger partial charge in [0.2, 0.25) is 5.91 Å². The first kappa shape index (κ1) is 22.0. The molecule has 1 aliphatic heterocycles. The average Bonchev–Trinajstić information content (AvgIpc) is 2.71. The van der Waals surface area contributed by atoms with Gasteiger partial charge in [0.25, 0.3) is 0 Å². The van der Waals surface area contributed by atoms with Crippen molar-refractivity contribution in [2.45, 2.75) is 18.9 Å². The van der Waals surface area contributed by atoms with Gasteiger partial charge >= 0.3 is 0 Å². The lowest BCUT2D eigenvalue weighted by atomic mass is 10.0. The Bertz CT molecular complexity index is 781. The summed E-state index contributed by atoms with van der Waals surface area (Å²) in [6.45, 7) is 1.98. The molecule has 1 amide bonds. The highest BCUT2D eigenvalue weighted by Gasteiger charge is 2.27. The molecular formula is C21H26ClFN2O3. The first-order valence-corrected chi connectivity index (χ1v) is 9.08. The van der Waals surface area contributed by atoms with Gasteiger partial charge in [0, 0.05) is 32.1 Å². The third-order valence-electron chi connectivity index (χ3n) is 4.84. The molecule has 1 aliphatic rings. The van der Waals surface area contributed by atoms with Crippen molar-refractivity contribution in [3.63, 3.8) is 0 Å². The minimum Gasteiger partial charge on any atom is -0.497 e. The summed E-state index contributed by atoms with van der Waals surface area (Å²) in [5.74, 6) is 1.19. The van der Waals surface area contributed by atoms with Crippen LogP contribution in [0.1, 0.15) is 23.6 Å². The fraction of sp³-hybridized carbons (Fsp3) is 0.381. The van der Waals surface area contributed by atoms with Crippen molar-refractivity contribution in [3.05, 3.63) is 59.4 Å². The van der Waals surface area contributed by atoms with E-state index in [9.17, 15) is 9.18 Å². The molecule has 152 valence electrons. The largest absolute Gasteiger partial charge is 0.497 e. The summed E-state index contributed by atoms with van der Waals surface area (Å²) in [4.78, 5) is 14.7. The fourth-order valence-electron chi connectivity index (χ4n) is 3.42. The van der Waals surface area contributed by atoms with Crippen molar-refractivity contribution in [2.75, 3.05) is 33.9 Å². The first-order valence-electron chi connectivity index (χ1n) is 9.08. The molecule has 1 N–H and O–H groups in total. The van der Waals surface area contributed by atoms with Crippen LogP contribution in [0.4, 0.5) is 4.39 Å². The zero-order valence-electron chi connectivity index (χ0n) is 16.1. The van der Waals surface area contributed by atoms with Crippen LogP contribution in [-0.2, 0) is 11.2 Å². The standard InChI is InChI=1S/C21H25FN2O3.ClH/c1-26-18-10-15(11-19(13-18)27-2)6-7-21(25)24-9-8-23-14-20(24)16-4-3-5-17(22)12-16;/h3-5,10-13,20,23H,6-9,14H2,1-2H3;1H. The number of nitrogens with zero attached hydrogens (tertiary/aromatic N) is 1. The third-order valence-corrected chi connectivity index (χ3v) is 4.84. The van der Waals surface area contributed by atoms with Crippen molar-refractivity contribution in [1.29, 1.82) is 0 Å². The van der Waals surface area contributed by atoms with E-state index in [2.05, 4.69) is 5.32 Å². The monoisotopic (exact) mass is 408 g/mol. The van der Waals surface area contributed by atoms with Crippen LogP contribution < -0.4 is 14.8 Å². The number of benzene rings is 2. The number of amides is 1. The number of carbonyl (C=O) groups is 1. The lowest BCUT2D eigenvalue weighted by molar-refractivity contribution is -0.134. The smallest absolute Gasteiger partial charge is 0.223 e. The van der Waals surface area contributed by atoms with E-state index in [0.29, 0.717) is 37.4 Å². The molecule has 0 radical (unpaired) electrons. The summed E-state index contributed by atoms with van der Waals surface area (Å²) in [6.07, 6.45) is 0.967. The highest BCUT2D eigenvalue weighted by molar-refractivity contribution is 5.85. The highest BCUT2D eigenvalue weighted by atomic mass is 35.5. The van der Waals surface area contributed by atoms with E-state index in [0.717, 1.165) is 17.7 Å². The molecule has 1 unspecified atom stereocenters. The number of piperazine rings is 1. The molecule has 2 aromatic carbocycles. The summed E-state index contributed by atoms with van der Waals surface area (Å²) in [6, 6.07) is 12.0. The zero-order valence-corrected chi connectivity index (χ0v) is 16.9. The molecular weight excluding hydrogens is 383 g/mol. The van der Waals surface area contributed by atoms with Gasteiger partial charge in [0.15, 0.2) is 0 Å². The molecule has 1 fully saturated rings. The Morgan fingerprint density at radius 2 is 1.89 bits per heavy atom. The van der Waals surface area contributed by atoms with Gasteiger partial charge in [-0.15, -0.1) is 12.4 Å². The predicted molar refractivity (Wildman–Crippen MR) is 109 cm³/mol. The van der Waals surface area contributed by atoms with E-state index < -0.39 is 0 Å². The van der Waals surface area contributed by atoms with Gasteiger partial charge in [-0.3, -0.25) is 4.79 Å². The summed E-state index contributed by atoms with van der Waals surface area (Å²) < 4.78 is 24.2. The van der Waals surface area contributed by atoms with E-state index >= 15 is 0 Å². The van der Waals surface area contributed by atoms with Crippen LogP contribution in [0.2, 0.25) is 0 Å². The molecule has 3 rings (SSSR count). The van der Waals surface area contributed by atoms with E-state index in [-0.39, 0.29) is 30.2 Å². The van der Waals surface area contributed by atoms with Gasteiger partial charge in [-0.1, -0.05) is 12.1 Å². The number of hydrogen-bond donors (Lipinski definition) is 1. The summed E-state index contributed by atoms with van der Waals surface area (Å²) >= 11 is 0. The Balaban J connectivity index is 0.00000280. The molecule has 1 heterocycles. The maximum absolute atomic E-state index is 13.6. The predicted octanol–water partition coefficient (Wildman–Crippen LogP) is 3.37. The van der Waals surface area contributed by atoms with Crippen LogP contribution in [0.5, 0.6) is 11.5 Å². The van der Waals surface area contributed by atoms with Gasteiger partial charge in [-0.2, -0.15) is 0 Å². The summed E-state index contributed by atoms with van der Waals surface area (Å²) in [5.41, 5.74) is 1.80. The number of rotatable bonds is 6. The molecule has 0 spiro atoms. The lowest BCUT2D eigenvalue weighted by Crippen LogP contribution is -2.48. The SMILES string of the molecule is COc1cc(CCC(=O)N2CCNCC2c2cccc(F)c2)cc(OC)c1.Cl. The number of nitrogens with one attached hydrogen (secondary N) is 1. The third kappa shape index (κ3) is 5.36.